The van der Waals surface area contributed by atoms with Gasteiger partial charge in [0.25, 0.3) is 5.91 Å². The Balaban J connectivity index is 1.67. The molecule has 6 nitrogen and oxygen atoms in total. The number of aromatic nitrogens is 2. The van der Waals surface area contributed by atoms with Crippen LogP contribution in [-0.4, -0.2) is 39.5 Å². The minimum Gasteiger partial charge on any atom is -0.461 e. The number of hydrogen-bond donors (Lipinski definition) is 1. The average Bonchev–Trinajstić information content (AvgIpc) is 3.15. The van der Waals surface area contributed by atoms with Crippen LogP contribution in [0.1, 0.15) is 50.3 Å². The topological polar surface area (TPSA) is 67.3 Å². The zero-order valence-electron chi connectivity index (χ0n) is 16.8. The fraction of sp³-hybridized carbons (Fsp3) is 0.364. The molecule has 1 aliphatic rings. The van der Waals surface area contributed by atoms with Crippen molar-refractivity contribution in [3.8, 4) is 0 Å². The molecular formula is C22H25N3O3. The SMILES string of the molecule is CCOC(=O)c1c(C)c(C(=O)N2CCc3c([nH]c4ccccc34)C2)c(C)n1C. The number of nitrogens with one attached hydrogen (secondary N) is 1. The van der Waals surface area contributed by atoms with Crippen molar-refractivity contribution in [2.75, 3.05) is 13.2 Å². The molecule has 3 heterocycles. The third kappa shape index (κ3) is 2.71. The van der Waals surface area contributed by atoms with Gasteiger partial charge in [-0.25, -0.2) is 4.79 Å². The van der Waals surface area contributed by atoms with E-state index >= 15 is 0 Å². The molecular weight excluding hydrogens is 354 g/mol. The number of carbonyl (C=O) groups is 2. The number of benzene rings is 1. The number of para-hydroxylation sites is 1. The predicted octanol–water partition coefficient (Wildman–Crippen LogP) is 3.50. The number of esters is 1. The van der Waals surface area contributed by atoms with Crippen molar-refractivity contribution in [3.05, 3.63) is 58.0 Å². The van der Waals surface area contributed by atoms with Crippen LogP contribution in [0.25, 0.3) is 10.9 Å². The van der Waals surface area contributed by atoms with Crippen molar-refractivity contribution >= 4 is 22.8 Å². The van der Waals surface area contributed by atoms with Gasteiger partial charge in [-0.15, -0.1) is 0 Å². The fourth-order valence-electron chi connectivity index (χ4n) is 4.31. The van der Waals surface area contributed by atoms with Gasteiger partial charge in [-0.05, 0) is 44.4 Å². The quantitative estimate of drug-likeness (QED) is 0.708. The molecule has 146 valence electrons. The van der Waals surface area contributed by atoms with Gasteiger partial charge in [-0.1, -0.05) is 18.2 Å². The van der Waals surface area contributed by atoms with E-state index in [1.807, 2.05) is 30.9 Å². The van der Waals surface area contributed by atoms with E-state index in [4.69, 9.17) is 4.74 Å². The van der Waals surface area contributed by atoms with E-state index in [2.05, 4.69) is 17.1 Å². The van der Waals surface area contributed by atoms with E-state index in [0.717, 1.165) is 23.3 Å². The van der Waals surface area contributed by atoms with Gasteiger partial charge in [0.2, 0.25) is 0 Å². The van der Waals surface area contributed by atoms with Crippen LogP contribution >= 0.6 is 0 Å². The van der Waals surface area contributed by atoms with Crippen LogP contribution in [0.15, 0.2) is 24.3 Å². The molecule has 0 fully saturated rings. The number of amides is 1. The second kappa shape index (κ2) is 6.86. The second-order valence-corrected chi connectivity index (χ2v) is 7.32. The minimum atomic E-state index is -0.388. The second-order valence-electron chi connectivity index (χ2n) is 7.32. The van der Waals surface area contributed by atoms with Crippen molar-refractivity contribution in [2.45, 2.75) is 33.7 Å². The third-order valence-corrected chi connectivity index (χ3v) is 5.78. The van der Waals surface area contributed by atoms with Gasteiger partial charge in [-0.2, -0.15) is 0 Å². The van der Waals surface area contributed by atoms with Crippen LogP contribution in [0.5, 0.6) is 0 Å². The van der Waals surface area contributed by atoms with Gasteiger partial charge in [0.1, 0.15) is 5.69 Å². The van der Waals surface area contributed by atoms with Crippen molar-refractivity contribution in [1.82, 2.24) is 14.5 Å². The summed E-state index contributed by atoms with van der Waals surface area (Å²) in [6.07, 6.45) is 0.820. The first-order valence-electron chi connectivity index (χ1n) is 9.64. The van der Waals surface area contributed by atoms with Crippen LogP contribution in [0, 0.1) is 13.8 Å². The lowest BCUT2D eigenvalue weighted by Gasteiger charge is -2.27. The van der Waals surface area contributed by atoms with Gasteiger partial charge in [0.15, 0.2) is 0 Å². The monoisotopic (exact) mass is 379 g/mol. The molecule has 0 atom stereocenters. The maximum Gasteiger partial charge on any atom is 0.355 e. The molecule has 0 aliphatic carbocycles. The molecule has 0 unspecified atom stereocenters. The van der Waals surface area contributed by atoms with Crippen LogP contribution < -0.4 is 0 Å². The van der Waals surface area contributed by atoms with Gasteiger partial charge in [0, 0.05) is 35.9 Å². The standard InChI is InChI=1S/C22H25N3O3/c1-5-28-22(27)20-13(2)19(14(3)24(20)4)21(26)25-11-10-16-15-8-6-7-9-17(15)23-18(16)12-25/h6-9,23H,5,10-12H2,1-4H3. The Morgan fingerprint density at radius 1 is 1.21 bits per heavy atom. The van der Waals surface area contributed by atoms with Gasteiger partial charge >= 0.3 is 5.97 Å². The highest BCUT2D eigenvalue weighted by atomic mass is 16.5. The van der Waals surface area contributed by atoms with E-state index in [9.17, 15) is 9.59 Å². The number of fused-ring (bicyclic) bond motifs is 3. The number of hydrogen-bond acceptors (Lipinski definition) is 3. The number of ether oxygens (including phenoxy) is 1. The summed E-state index contributed by atoms with van der Waals surface area (Å²) in [6.45, 7) is 7.00. The smallest absolute Gasteiger partial charge is 0.355 e. The summed E-state index contributed by atoms with van der Waals surface area (Å²) in [5.74, 6) is -0.424. The molecule has 0 saturated carbocycles. The molecule has 0 bridgehead atoms. The highest BCUT2D eigenvalue weighted by Gasteiger charge is 2.30. The normalized spacial score (nSPS) is 13.6. The van der Waals surface area contributed by atoms with Crippen LogP contribution in [0.4, 0.5) is 0 Å². The Labute approximate surface area is 164 Å². The summed E-state index contributed by atoms with van der Waals surface area (Å²) in [6, 6.07) is 8.25. The number of nitrogens with zero attached hydrogens (tertiary/aromatic N) is 2. The summed E-state index contributed by atoms with van der Waals surface area (Å²) in [5, 5.41) is 1.24. The molecule has 28 heavy (non-hydrogen) atoms. The van der Waals surface area contributed by atoms with Crippen molar-refractivity contribution in [2.24, 2.45) is 7.05 Å². The Hall–Kier alpha value is -3.02. The molecule has 0 radical (unpaired) electrons. The minimum absolute atomic E-state index is 0.0366. The summed E-state index contributed by atoms with van der Waals surface area (Å²) in [7, 11) is 1.80. The first-order valence-corrected chi connectivity index (χ1v) is 9.64. The van der Waals surface area contributed by atoms with Gasteiger partial charge in [-0.3, -0.25) is 4.79 Å². The fourth-order valence-corrected chi connectivity index (χ4v) is 4.31. The summed E-state index contributed by atoms with van der Waals surface area (Å²) < 4.78 is 6.94. The Bertz CT molecular complexity index is 1090. The lowest BCUT2D eigenvalue weighted by atomic mass is 10.0. The molecule has 2 aromatic heterocycles. The zero-order chi connectivity index (χ0) is 20.0. The van der Waals surface area contributed by atoms with E-state index in [-0.39, 0.29) is 11.9 Å². The molecule has 1 amide bonds. The highest BCUT2D eigenvalue weighted by molar-refractivity contribution is 6.01. The van der Waals surface area contributed by atoms with Crippen LogP contribution in [0.2, 0.25) is 0 Å². The van der Waals surface area contributed by atoms with Crippen molar-refractivity contribution < 1.29 is 14.3 Å². The molecule has 1 aliphatic heterocycles. The van der Waals surface area contributed by atoms with E-state index in [1.165, 1.54) is 10.9 Å². The Kier molecular flexibility index (Phi) is 4.49. The molecule has 1 aromatic carbocycles. The van der Waals surface area contributed by atoms with E-state index < -0.39 is 0 Å². The summed E-state index contributed by atoms with van der Waals surface area (Å²) >= 11 is 0. The number of carbonyl (C=O) groups excluding carboxylic acids is 2. The Morgan fingerprint density at radius 3 is 2.71 bits per heavy atom. The van der Waals surface area contributed by atoms with Gasteiger partial charge in [0.05, 0.1) is 18.7 Å². The first kappa shape index (κ1) is 18.3. The lowest BCUT2D eigenvalue weighted by Crippen LogP contribution is -2.36. The first-order chi connectivity index (χ1) is 13.4. The Morgan fingerprint density at radius 2 is 1.96 bits per heavy atom. The molecule has 0 spiro atoms. The largest absolute Gasteiger partial charge is 0.461 e. The zero-order valence-corrected chi connectivity index (χ0v) is 16.8. The predicted molar refractivity (Wildman–Crippen MR) is 108 cm³/mol. The number of H-pyrrole nitrogens is 1. The van der Waals surface area contributed by atoms with E-state index in [1.54, 1.807) is 18.5 Å². The molecule has 3 aromatic rings. The van der Waals surface area contributed by atoms with Crippen LogP contribution in [0.3, 0.4) is 0 Å². The molecule has 6 heteroatoms. The van der Waals surface area contributed by atoms with Crippen molar-refractivity contribution in [3.63, 3.8) is 0 Å². The van der Waals surface area contributed by atoms with Crippen LogP contribution in [-0.2, 0) is 24.8 Å². The third-order valence-electron chi connectivity index (χ3n) is 5.78. The average molecular weight is 379 g/mol. The highest BCUT2D eigenvalue weighted by Crippen LogP contribution is 2.30. The maximum absolute atomic E-state index is 13.4. The van der Waals surface area contributed by atoms with E-state index in [0.29, 0.717) is 36.5 Å². The molecule has 4 rings (SSSR count). The van der Waals surface area contributed by atoms with Gasteiger partial charge < -0.3 is 19.2 Å². The number of rotatable bonds is 3. The summed E-state index contributed by atoms with van der Waals surface area (Å²) in [5.41, 5.74) is 6.03. The molecule has 0 saturated heterocycles. The number of aromatic amines is 1. The lowest BCUT2D eigenvalue weighted by molar-refractivity contribution is 0.0514. The maximum atomic E-state index is 13.4. The van der Waals surface area contributed by atoms with Crippen molar-refractivity contribution in [1.29, 1.82) is 0 Å². The molecule has 1 N–H and O–H groups in total. The summed E-state index contributed by atoms with van der Waals surface area (Å²) in [4.78, 5) is 31.0.